The molecule has 0 aromatic carbocycles. The summed E-state index contributed by atoms with van der Waals surface area (Å²) in [5.41, 5.74) is 5.70. The largest absolute Gasteiger partial charge is 0.430 e. The van der Waals surface area contributed by atoms with Gasteiger partial charge in [0.05, 0.1) is 0 Å². The second kappa shape index (κ2) is 6.47. The topological polar surface area (TPSA) is 27.7 Å². The minimum Gasteiger partial charge on any atom is -0.430 e. The third-order valence-corrected chi connectivity index (χ3v) is 14.7. The van der Waals surface area contributed by atoms with Gasteiger partial charge in [-0.25, -0.2) is 0 Å². The van der Waals surface area contributed by atoms with E-state index in [0.717, 1.165) is 25.5 Å². The molecule has 3 atom stereocenters. The zero-order chi connectivity index (χ0) is 14.6. The van der Waals surface area contributed by atoms with Crippen LogP contribution < -0.4 is 0 Å². The highest BCUT2D eigenvalue weighted by molar-refractivity contribution is 6.92. The Balaban J connectivity index is 3.04. The molecule has 0 aromatic heterocycles. The molecule has 1 aliphatic heterocycles. The Hall–Kier alpha value is -0.249. The molecule has 0 bridgehead atoms. The molecule has 0 aromatic rings. The van der Waals surface area contributed by atoms with E-state index in [0.29, 0.717) is 0 Å². The third-order valence-electron chi connectivity index (χ3n) is 3.47. The molecule has 108 valence electrons. The summed E-state index contributed by atoms with van der Waals surface area (Å²) < 4.78 is 18.7. The molecule has 6 heteroatoms. The first-order chi connectivity index (χ1) is 8.80. The second-order valence-corrected chi connectivity index (χ2v) is 15.8. The fourth-order valence-corrected chi connectivity index (χ4v) is 13.4. The molecule has 0 saturated carbocycles. The van der Waals surface area contributed by atoms with Crippen LogP contribution >= 0.6 is 0 Å². The summed E-state index contributed by atoms with van der Waals surface area (Å²) in [4.78, 5) is 0. The summed E-state index contributed by atoms with van der Waals surface area (Å²) in [6.45, 7) is 18.7. The van der Waals surface area contributed by atoms with Crippen LogP contribution in [0.4, 0.5) is 0 Å². The maximum atomic E-state index is 6.42. The SMILES string of the molecule is C=C[Si]1(C)CCCCO[Si](C)(C=C)O[Si](C)(C=C)O1. The first-order valence-corrected chi connectivity index (χ1v) is 14.2. The van der Waals surface area contributed by atoms with Crippen LogP contribution in [0, 0.1) is 0 Å². The number of hydrogen-bond donors (Lipinski definition) is 0. The maximum Gasteiger partial charge on any atom is 0.352 e. The van der Waals surface area contributed by atoms with E-state index >= 15 is 0 Å². The lowest BCUT2D eigenvalue weighted by molar-refractivity contribution is 0.228. The molecule has 1 rings (SSSR count). The Kier molecular flexibility index (Phi) is 5.72. The Bertz CT molecular complexity index is 335. The molecule has 1 aliphatic rings. The van der Waals surface area contributed by atoms with Gasteiger partial charge in [-0.05, 0) is 32.1 Å². The van der Waals surface area contributed by atoms with Gasteiger partial charge in [-0.1, -0.05) is 23.5 Å². The van der Waals surface area contributed by atoms with E-state index < -0.39 is 25.4 Å². The monoisotopic (exact) mass is 314 g/mol. The fourth-order valence-electron chi connectivity index (χ4n) is 2.15. The zero-order valence-electron chi connectivity index (χ0n) is 12.4. The molecule has 0 aliphatic carbocycles. The van der Waals surface area contributed by atoms with Crippen molar-refractivity contribution in [2.45, 2.75) is 38.5 Å². The fraction of sp³-hybridized carbons (Fsp3) is 0.538. The normalized spacial score (nSPS) is 41.2. The summed E-state index contributed by atoms with van der Waals surface area (Å²) in [6.07, 6.45) is 2.14. The molecule has 1 heterocycles. The van der Waals surface area contributed by atoms with Crippen molar-refractivity contribution in [3.63, 3.8) is 0 Å². The predicted octanol–water partition coefficient (Wildman–Crippen LogP) is 3.72. The summed E-state index contributed by atoms with van der Waals surface area (Å²) in [6, 6.07) is 1.06. The van der Waals surface area contributed by atoms with Crippen LogP contribution in [0.3, 0.4) is 0 Å². The number of hydrogen-bond acceptors (Lipinski definition) is 3. The average Bonchev–Trinajstić information content (AvgIpc) is 2.37. The highest BCUT2D eigenvalue weighted by Crippen LogP contribution is 2.28. The van der Waals surface area contributed by atoms with Crippen LogP contribution in [0.1, 0.15) is 12.8 Å². The van der Waals surface area contributed by atoms with E-state index in [9.17, 15) is 0 Å². The highest BCUT2D eigenvalue weighted by atomic mass is 28.5. The van der Waals surface area contributed by atoms with E-state index in [2.05, 4.69) is 26.3 Å². The Labute approximate surface area is 120 Å². The number of rotatable bonds is 3. The molecular formula is C13H26O3Si3. The van der Waals surface area contributed by atoms with E-state index in [4.69, 9.17) is 12.7 Å². The van der Waals surface area contributed by atoms with Crippen molar-refractivity contribution >= 4 is 25.4 Å². The summed E-state index contributed by atoms with van der Waals surface area (Å²) >= 11 is 0. The lowest BCUT2D eigenvalue weighted by Gasteiger charge is -2.39. The molecule has 3 unspecified atom stereocenters. The van der Waals surface area contributed by atoms with Gasteiger partial charge in [0.15, 0.2) is 0 Å². The Morgan fingerprint density at radius 3 is 2.00 bits per heavy atom. The molecule has 0 radical (unpaired) electrons. The van der Waals surface area contributed by atoms with Crippen molar-refractivity contribution in [2.75, 3.05) is 6.61 Å². The molecule has 3 nitrogen and oxygen atoms in total. The second-order valence-electron chi connectivity index (χ2n) is 5.47. The van der Waals surface area contributed by atoms with Gasteiger partial charge in [0.2, 0.25) is 8.32 Å². The van der Waals surface area contributed by atoms with Crippen LogP contribution in [0.15, 0.2) is 36.8 Å². The van der Waals surface area contributed by atoms with Crippen molar-refractivity contribution in [1.82, 2.24) is 0 Å². The quantitative estimate of drug-likeness (QED) is 0.743. The van der Waals surface area contributed by atoms with Gasteiger partial charge in [0.25, 0.3) is 0 Å². The molecule has 19 heavy (non-hydrogen) atoms. The molecular weight excluding hydrogens is 288 g/mol. The Morgan fingerprint density at radius 1 is 0.842 bits per heavy atom. The van der Waals surface area contributed by atoms with Gasteiger partial charge in [0, 0.05) is 6.61 Å². The van der Waals surface area contributed by atoms with E-state index in [1.165, 1.54) is 0 Å². The molecule has 0 N–H and O–H groups in total. The molecule has 1 saturated heterocycles. The van der Waals surface area contributed by atoms with Gasteiger partial charge in [0.1, 0.15) is 0 Å². The molecule has 0 spiro atoms. The van der Waals surface area contributed by atoms with Crippen LogP contribution in [-0.2, 0) is 12.7 Å². The standard InChI is InChI=1S/C13H26O3Si3/c1-7-17(4)13-11-10-12-14-18(5,8-2)16-19(6,9-3)15-17/h7-9H,1-3,10-13H2,4-6H3. The Morgan fingerprint density at radius 2 is 1.47 bits per heavy atom. The van der Waals surface area contributed by atoms with Crippen LogP contribution in [0.5, 0.6) is 0 Å². The van der Waals surface area contributed by atoms with Crippen molar-refractivity contribution in [3.05, 3.63) is 36.8 Å². The van der Waals surface area contributed by atoms with Crippen LogP contribution in [0.25, 0.3) is 0 Å². The first-order valence-electron chi connectivity index (χ1n) is 6.75. The summed E-state index contributed by atoms with van der Waals surface area (Å²) in [5.74, 6) is 0. The van der Waals surface area contributed by atoms with Gasteiger partial charge >= 0.3 is 17.1 Å². The zero-order valence-corrected chi connectivity index (χ0v) is 15.4. The van der Waals surface area contributed by atoms with Gasteiger partial charge < -0.3 is 12.7 Å². The summed E-state index contributed by atoms with van der Waals surface area (Å²) in [5, 5.41) is 0. The average molecular weight is 315 g/mol. The molecule has 0 amide bonds. The summed E-state index contributed by atoms with van der Waals surface area (Å²) in [7, 11) is -6.72. The van der Waals surface area contributed by atoms with E-state index in [-0.39, 0.29) is 0 Å². The lowest BCUT2D eigenvalue weighted by Crippen LogP contribution is -2.55. The third kappa shape index (κ3) is 4.66. The first kappa shape index (κ1) is 16.8. The van der Waals surface area contributed by atoms with Crippen LogP contribution in [0.2, 0.25) is 25.7 Å². The van der Waals surface area contributed by atoms with Crippen molar-refractivity contribution in [2.24, 2.45) is 0 Å². The molecule has 1 fully saturated rings. The van der Waals surface area contributed by atoms with Gasteiger partial charge in [-0.15, -0.1) is 19.7 Å². The minimum absolute atomic E-state index is 0.734. The lowest BCUT2D eigenvalue weighted by atomic mass is 10.4. The van der Waals surface area contributed by atoms with Crippen molar-refractivity contribution in [3.8, 4) is 0 Å². The van der Waals surface area contributed by atoms with Gasteiger partial charge in [-0.2, -0.15) is 0 Å². The smallest absolute Gasteiger partial charge is 0.352 e. The van der Waals surface area contributed by atoms with E-state index in [1.807, 2.05) is 30.2 Å². The van der Waals surface area contributed by atoms with Gasteiger partial charge in [-0.3, -0.25) is 0 Å². The van der Waals surface area contributed by atoms with Crippen molar-refractivity contribution < 1.29 is 12.7 Å². The van der Waals surface area contributed by atoms with E-state index in [1.54, 1.807) is 0 Å². The minimum atomic E-state index is -2.44. The highest BCUT2D eigenvalue weighted by Gasteiger charge is 2.44. The van der Waals surface area contributed by atoms with Crippen molar-refractivity contribution in [1.29, 1.82) is 0 Å². The predicted molar refractivity (Wildman–Crippen MR) is 87.6 cm³/mol. The van der Waals surface area contributed by atoms with Crippen LogP contribution in [-0.4, -0.2) is 32.0 Å². The maximum absolute atomic E-state index is 6.42.